The Bertz CT molecular complexity index is 621. The molecule has 1 N–H and O–H groups in total. The molecule has 0 fully saturated rings. The van der Waals surface area contributed by atoms with E-state index >= 15 is 0 Å². The normalized spacial score (nSPS) is 10.6. The lowest BCUT2D eigenvalue weighted by Gasteiger charge is -1.92. The molecule has 0 saturated heterocycles. The number of nitrogens with one attached hydrogen (secondary N) is 1. The number of carbonyl (C=O) groups excluding carboxylic acids is 1. The molecule has 3 heterocycles. The van der Waals surface area contributed by atoms with Crippen molar-refractivity contribution in [1.29, 1.82) is 0 Å². The van der Waals surface area contributed by atoms with Crippen LogP contribution in [0.2, 0.25) is 0 Å². The van der Waals surface area contributed by atoms with Crippen molar-refractivity contribution >= 4 is 5.78 Å². The number of hydrogen-bond donors (Lipinski definition) is 1. The van der Waals surface area contributed by atoms with Crippen molar-refractivity contribution in [3.8, 4) is 11.6 Å². The fourth-order valence-electron chi connectivity index (χ4n) is 1.52. The van der Waals surface area contributed by atoms with Crippen LogP contribution in [0.25, 0.3) is 11.6 Å². The highest BCUT2D eigenvalue weighted by atomic mass is 16.3. The number of furan rings is 2. The molecular weight excluding hydrogens is 220 g/mol. The molecule has 3 aromatic heterocycles. The Kier molecular flexibility index (Phi) is 2.15. The van der Waals surface area contributed by atoms with Crippen molar-refractivity contribution in [1.82, 2.24) is 9.97 Å². The van der Waals surface area contributed by atoms with Crippen LogP contribution in [-0.2, 0) is 0 Å². The van der Waals surface area contributed by atoms with E-state index in [-0.39, 0.29) is 11.5 Å². The second kappa shape index (κ2) is 3.79. The molecule has 0 bridgehead atoms. The van der Waals surface area contributed by atoms with E-state index in [2.05, 4.69) is 9.97 Å². The third-order valence-corrected chi connectivity index (χ3v) is 2.32. The van der Waals surface area contributed by atoms with Crippen molar-refractivity contribution in [2.24, 2.45) is 0 Å². The van der Waals surface area contributed by atoms with Crippen molar-refractivity contribution in [3.05, 3.63) is 54.4 Å². The van der Waals surface area contributed by atoms with Gasteiger partial charge in [-0.05, 0) is 24.3 Å². The van der Waals surface area contributed by atoms with Gasteiger partial charge in [0, 0.05) is 0 Å². The molecule has 0 unspecified atom stereocenters. The van der Waals surface area contributed by atoms with Gasteiger partial charge in [0.25, 0.3) is 0 Å². The molecular formula is C12H8N2O3. The monoisotopic (exact) mass is 228 g/mol. The number of rotatable bonds is 3. The summed E-state index contributed by atoms with van der Waals surface area (Å²) in [5.74, 6) is 1.15. The lowest BCUT2D eigenvalue weighted by Crippen LogP contribution is -1.99. The van der Waals surface area contributed by atoms with Crippen LogP contribution in [0.3, 0.4) is 0 Å². The van der Waals surface area contributed by atoms with E-state index in [1.54, 1.807) is 30.5 Å². The van der Waals surface area contributed by atoms with Crippen molar-refractivity contribution < 1.29 is 13.6 Å². The Morgan fingerprint density at radius 3 is 2.71 bits per heavy atom. The first kappa shape index (κ1) is 9.65. The third-order valence-electron chi connectivity index (χ3n) is 2.32. The van der Waals surface area contributed by atoms with Gasteiger partial charge in [-0.1, -0.05) is 0 Å². The van der Waals surface area contributed by atoms with Crippen LogP contribution in [0.5, 0.6) is 0 Å². The zero-order valence-electron chi connectivity index (χ0n) is 8.71. The third kappa shape index (κ3) is 1.67. The van der Waals surface area contributed by atoms with E-state index in [0.29, 0.717) is 17.3 Å². The minimum atomic E-state index is -0.236. The summed E-state index contributed by atoms with van der Waals surface area (Å²) in [5.41, 5.74) is 0.367. The van der Waals surface area contributed by atoms with Gasteiger partial charge in [-0.15, -0.1) is 0 Å². The minimum Gasteiger partial charge on any atom is -0.461 e. The minimum absolute atomic E-state index is 0.236. The van der Waals surface area contributed by atoms with Crippen LogP contribution in [-0.4, -0.2) is 15.8 Å². The maximum atomic E-state index is 11.9. The Hall–Kier alpha value is -2.56. The van der Waals surface area contributed by atoms with E-state index in [9.17, 15) is 4.79 Å². The fraction of sp³-hybridized carbons (Fsp3) is 0. The zero-order valence-corrected chi connectivity index (χ0v) is 8.71. The van der Waals surface area contributed by atoms with Gasteiger partial charge in [0.1, 0.15) is 5.69 Å². The first-order valence-corrected chi connectivity index (χ1v) is 5.01. The molecule has 0 amide bonds. The number of aromatic amines is 1. The quantitative estimate of drug-likeness (QED) is 0.699. The molecule has 0 aliphatic rings. The predicted octanol–water partition coefficient (Wildman–Crippen LogP) is 2.49. The molecule has 5 heteroatoms. The van der Waals surface area contributed by atoms with Crippen LogP contribution in [0.15, 0.2) is 51.8 Å². The predicted molar refractivity (Wildman–Crippen MR) is 58.4 cm³/mol. The molecule has 3 aromatic rings. The van der Waals surface area contributed by atoms with Crippen LogP contribution in [0.1, 0.15) is 16.2 Å². The summed E-state index contributed by atoms with van der Waals surface area (Å²) in [6.45, 7) is 0. The number of imidazole rings is 1. The molecule has 0 aliphatic carbocycles. The molecule has 0 radical (unpaired) electrons. The van der Waals surface area contributed by atoms with Crippen molar-refractivity contribution in [3.63, 3.8) is 0 Å². The molecule has 0 aromatic carbocycles. The highest BCUT2D eigenvalue weighted by molar-refractivity contribution is 6.05. The Morgan fingerprint density at radius 1 is 1.18 bits per heavy atom. The van der Waals surface area contributed by atoms with Crippen molar-refractivity contribution in [2.75, 3.05) is 0 Å². The Morgan fingerprint density at radius 2 is 2.00 bits per heavy atom. The van der Waals surface area contributed by atoms with E-state index < -0.39 is 0 Å². The lowest BCUT2D eigenvalue weighted by molar-refractivity contribution is 0.100. The number of H-pyrrole nitrogens is 1. The van der Waals surface area contributed by atoms with E-state index in [0.717, 1.165) is 0 Å². The Balaban J connectivity index is 1.93. The zero-order chi connectivity index (χ0) is 11.7. The topological polar surface area (TPSA) is 72.0 Å². The van der Waals surface area contributed by atoms with Crippen molar-refractivity contribution in [2.45, 2.75) is 0 Å². The fourth-order valence-corrected chi connectivity index (χ4v) is 1.52. The van der Waals surface area contributed by atoms with Crippen LogP contribution >= 0.6 is 0 Å². The Labute approximate surface area is 96.1 Å². The van der Waals surface area contributed by atoms with E-state index in [1.807, 2.05) is 0 Å². The summed E-state index contributed by atoms with van der Waals surface area (Å²) < 4.78 is 10.2. The van der Waals surface area contributed by atoms with Gasteiger partial charge in [-0.25, -0.2) is 4.98 Å². The molecule has 0 spiro atoms. The molecule has 0 saturated carbocycles. The van der Waals surface area contributed by atoms with Gasteiger partial charge in [-0.3, -0.25) is 4.79 Å². The van der Waals surface area contributed by atoms with Gasteiger partial charge in [0.15, 0.2) is 17.3 Å². The van der Waals surface area contributed by atoms with Crippen LogP contribution in [0.4, 0.5) is 0 Å². The highest BCUT2D eigenvalue weighted by Crippen LogP contribution is 2.17. The van der Waals surface area contributed by atoms with E-state index in [4.69, 9.17) is 8.83 Å². The summed E-state index contributed by atoms with van der Waals surface area (Å²) in [7, 11) is 0. The van der Waals surface area contributed by atoms with Crippen LogP contribution < -0.4 is 0 Å². The molecule has 17 heavy (non-hydrogen) atoms. The van der Waals surface area contributed by atoms with Gasteiger partial charge in [0.2, 0.25) is 5.78 Å². The van der Waals surface area contributed by atoms with Crippen LogP contribution in [0, 0.1) is 0 Å². The van der Waals surface area contributed by atoms with E-state index in [1.165, 1.54) is 12.5 Å². The molecule has 84 valence electrons. The summed E-state index contributed by atoms with van der Waals surface area (Å²) in [6, 6.07) is 6.79. The highest BCUT2D eigenvalue weighted by Gasteiger charge is 2.15. The molecule has 5 nitrogen and oxygen atoms in total. The largest absolute Gasteiger partial charge is 0.461 e. The number of hydrogen-bond acceptors (Lipinski definition) is 4. The molecule has 3 rings (SSSR count). The molecule has 0 aliphatic heterocycles. The van der Waals surface area contributed by atoms with Gasteiger partial charge < -0.3 is 13.8 Å². The number of carbonyl (C=O) groups is 1. The lowest BCUT2D eigenvalue weighted by atomic mass is 10.2. The summed E-state index contributed by atoms with van der Waals surface area (Å²) in [4.78, 5) is 18.9. The first-order chi connectivity index (χ1) is 8.34. The maximum absolute atomic E-state index is 11.9. The summed E-state index contributed by atoms with van der Waals surface area (Å²) >= 11 is 0. The van der Waals surface area contributed by atoms with Gasteiger partial charge in [0.05, 0.1) is 18.7 Å². The number of aromatic nitrogens is 2. The second-order valence-electron chi connectivity index (χ2n) is 3.43. The SMILES string of the molecule is O=C(c1cnc(-c2ccco2)[nH]1)c1ccco1. The maximum Gasteiger partial charge on any atom is 0.245 e. The second-order valence-corrected chi connectivity index (χ2v) is 3.43. The smallest absolute Gasteiger partial charge is 0.245 e. The van der Waals surface area contributed by atoms with Gasteiger partial charge in [-0.2, -0.15) is 0 Å². The number of ketones is 1. The standard InChI is InChI=1S/C12H8N2O3/c15-11(9-3-1-5-16-9)8-7-13-12(14-8)10-4-2-6-17-10/h1-7H,(H,13,14). The first-order valence-electron chi connectivity index (χ1n) is 5.01. The number of nitrogens with zero attached hydrogens (tertiary/aromatic N) is 1. The summed E-state index contributed by atoms with van der Waals surface area (Å²) in [5, 5.41) is 0. The average Bonchev–Trinajstić information content (AvgIpc) is 3.09. The van der Waals surface area contributed by atoms with Gasteiger partial charge >= 0.3 is 0 Å². The molecule has 0 atom stereocenters. The average molecular weight is 228 g/mol. The summed E-state index contributed by atoms with van der Waals surface area (Å²) in [6.07, 6.45) is 4.46.